The summed E-state index contributed by atoms with van der Waals surface area (Å²) in [5, 5.41) is 3.99. The lowest BCUT2D eigenvalue weighted by molar-refractivity contribution is 0.285. The van der Waals surface area contributed by atoms with Gasteiger partial charge in [-0.3, -0.25) is 0 Å². The molecule has 0 bridgehead atoms. The monoisotopic (exact) mass is 269 g/mol. The van der Waals surface area contributed by atoms with Crippen LogP contribution in [0, 0.1) is 11.7 Å². The third-order valence-corrected chi connectivity index (χ3v) is 4.03. The molecule has 0 aliphatic heterocycles. The lowest BCUT2D eigenvalue weighted by Gasteiger charge is -2.29. The molecule has 3 heteroatoms. The van der Waals surface area contributed by atoms with Crippen molar-refractivity contribution in [3.8, 4) is 0 Å². The van der Waals surface area contributed by atoms with Crippen LogP contribution in [0.1, 0.15) is 38.2 Å². The van der Waals surface area contributed by atoms with Crippen molar-refractivity contribution in [2.75, 3.05) is 6.54 Å². The minimum Gasteiger partial charge on any atom is -0.314 e. The van der Waals surface area contributed by atoms with E-state index in [9.17, 15) is 4.39 Å². The normalized spacial score (nSPS) is 24.2. The van der Waals surface area contributed by atoms with Crippen molar-refractivity contribution in [2.24, 2.45) is 5.92 Å². The third kappa shape index (κ3) is 3.69. The summed E-state index contributed by atoms with van der Waals surface area (Å²) in [4.78, 5) is 0. The van der Waals surface area contributed by atoms with Gasteiger partial charge < -0.3 is 5.32 Å². The first-order valence-corrected chi connectivity index (χ1v) is 7.24. The molecule has 1 aromatic carbocycles. The molecule has 2 unspecified atom stereocenters. The summed E-state index contributed by atoms with van der Waals surface area (Å²) < 4.78 is 13.8. The Balaban J connectivity index is 1.96. The Kier molecular flexibility index (Phi) is 5.02. The quantitative estimate of drug-likeness (QED) is 0.864. The summed E-state index contributed by atoms with van der Waals surface area (Å²) in [6.45, 7) is 3.16. The fraction of sp³-hybridized carbons (Fsp3) is 0.600. The van der Waals surface area contributed by atoms with Gasteiger partial charge in [0.05, 0.1) is 0 Å². The second-order valence-corrected chi connectivity index (χ2v) is 5.66. The molecular formula is C15H21ClFN. The molecule has 0 spiro atoms. The molecule has 0 aromatic heterocycles. The predicted octanol–water partition coefficient (Wildman–Crippen LogP) is 4.19. The van der Waals surface area contributed by atoms with Gasteiger partial charge in [0.15, 0.2) is 0 Å². The molecule has 1 N–H and O–H groups in total. The average molecular weight is 270 g/mol. The Labute approximate surface area is 114 Å². The molecule has 1 aliphatic carbocycles. The van der Waals surface area contributed by atoms with E-state index in [2.05, 4.69) is 12.2 Å². The number of nitrogens with one attached hydrogen (secondary N) is 1. The van der Waals surface area contributed by atoms with Crippen LogP contribution in [0.15, 0.2) is 18.2 Å². The lowest BCUT2D eigenvalue weighted by Crippen LogP contribution is -2.34. The van der Waals surface area contributed by atoms with Crippen molar-refractivity contribution < 1.29 is 4.39 Å². The van der Waals surface area contributed by atoms with Crippen LogP contribution in [0.5, 0.6) is 0 Å². The Morgan fingerprint density at radius 1 is 1.39 bits per heavy atom. The zero-order valence-corrected chi connectivity index (χ0v) is 11.6. The molecular weight excluding hydrogens is 249 g/mol. The maximum Gasteiger partial charge on any atom is 0.127 e. The van der Waals surface area contributed by atoms with Crippen LogP contribution in [0.25, 0.3) is 0 Å². The lowest BCUT2D eigenvalue weighted by atomic mass is 9.82. The fourth-order valence-electron chi connectivity index (χ4n) is 2.95. The van der Waals surface area contributed by atoms with Crippen LogP contribution < -0.4 is 5.32 Å². The molecule has 0 heterocycles. The molecule has 1 aliphatic rings. The fourth-order valence-corrected chi connectivity index (χ4v) is 3.11. The molecule has 18 heavy (non-hydrogen) atoms. The smallest absolute Gasteiger partial charge is 0.127 e. The van der Waals surface area contributed by atoms with Crippen molar-refractivity contribution in [2.45, 2.75) is 45.1 Å². The molecule has 0 radical (unpaired) electrons. The largest absolute Gasteiger partial charge is 0.314 e. The number of halogens is 2. The van der Waals surface area contributed by atoms with Crippen molar-refractivity contribution >= 4 is 11.6 Å². The molecule has 1 nitrogen and oxygen atoms in total. The van der Waals surface area contributed by atoms with Crippen LogP contribution in [0.4, 0.5) is 4.39 Å². The number of hydrogen-bond acceptors (Lipinski definition) is 1. The molecule has 100 valence electrons. The maximum absolute atomic E-state index is 13.8. The van der Waals surface area contributed by atoms with E-state index in [1.165, 1.54) is 25.3 Å². The summed E-state index contributed by atoms with van der Waals surface area (Å²) in [5.41, 5.74) is 0.807. The van der Waals surface area contributed by atoms with Gasteiger partial charge in [0.25, 0.3) is 0 Å². The van der Waals surface area contributed by atoms with Gasteiger partial charge in [0.2, 0.25) is 0 Å². The molecule has 0 saturated heterocycles. The van der Waals surface area contributed by atoms with Crippen LogP contribution >= 0.6 is 11.6 Å². The summed E-state index contributed by atoms with van der Waals surface area (Å²) in [7, 11) is 0. The van der Waals surface area contributed by atoms with Gasteiger partial charge in [0, 0.05) is 11.1 Å². The zero-order valence-electron chi connectivity index (χ0n) is 10.9. The highest BCUT2D eigenvalue weighted by Crippen LogP contribution is 2.28. The summed E-state index contributed by atoms with van der Waals surface area (Å²) in [5.74, 6) is 0.437. The average Bonchev–Trinajstić information content (AvgIpc) is 2.34. The molecule has 1 aromatic rings. The van der Waals surface area contributed by atoms with Crippen LogP contribution in [-0.4, -0.2) is 12.6 Å². The van der Waals surface area contributed by atoms with E-state index in [-0.39, 0.29) is 5.82 Å². The van der Waals surface area contributed by atoms with Gasteiger partial charge in [-0.05, 0) is 49.4 Å². The van der Waals surface area contributed by atoms with Gasteiger partial charge in [-0.15, -0.1) is 0 Å². The van der Waals surface area contributed by atoms with Crippen molar-refractivity contribution in [1.82, 2.24) is 5.32 Å². The molecule has 2 atom stereocenters. The molecule has 0 amide bonds. The standard InChI is InChI=1S/C15H21ClFN/c1-2-18-14-5-3-4-11(9-14)8-12-6-7-13(16)10-15(12)17/h6-7,10-11,14,18H,2-5,8-9H2,1H3. The highest BCUT2D eigenvalue weighted by Gasteiger charge is 2.22. The van der Waals surface area contributed by atoms with Crippen molar-refractivity contribution in [3.63, 3.8) is 0 Å². The van der Waals surface area contributed by atoms with Gasteiger partial charge in [-0.2, -0.15) is 0 Å². The first kappa shape index (κ1) is 13.8. The Hall–Kier alpha value is -0.600. The second kappa shape index (κ2) is 6.53. The van der Waals surface area contributed by atoms with Crippen LogP contribution in [0.2, 0.25) is 5.02 Å². The van der Waals surface area contributed by atoms with E-state index in [4.69, 9.17) is 11.6 Å². The second-order valence-electron chi connectivity index (χ2n) is 5.23. The van der Waals surface area contributed by atoms with Gasteiger partial charge >= 0.3 is 0 Å². The van der Waals surface area contributed by atoms with Gasteiger partial charge in [0.1, 0.15) is 5.82 Å². The van der Waals surface area contributed by atoms with Crippen molar-refractivity contribution in [1.29, 1.82) is 0 Å². The first-order valence-electron chi connectivity index (χ1n) is 6.86. The van der Waals surface area contributed by atoms with E-state index in [0.717, 1.165) is 24.9 Å². The summed E-state index contributed by atoms with van der Waals surface area (Å²) >= 11 is 5.77. The first-order chi connectivity index (χ1) is 8.69. The highest BCUT2D eigenvalue weighted by atomic mass is 35.5. The number of hydrogen-bond donors (Lipinski definition) is 1. The maximum atomic E-state index is 13.8. The van der Waals surface area contributed by atoms with E-state index < -0.39 is 0 Å². The van der Waals surface area contributed by atoms with Gasteiger partial charge in [-0.25, -0.2) is 4.39 Å². The SMILES string of the molecule is CCNC1CCCC(Cc2ccc(Cl)cc2F)C1. The van der Waals surface area contributed by atoms with E-state index >= 15 is 0 Å². The van der Waals surface area contributed by atoms with Gasteiger partial charge in [-0.1, -0.05) is 37.4 Å². The number of benzene rings is 1. The summed E-state index contributed by atoms with van der Waals surface area (Å²) in [6, 6.07) is 5.64. The van der Waals surface area contributed by atoms with Crippen molar-refractivity contribution in [3.05, 3.63) is 34.6 Å². The molecule has 1 saturated carbocycles. The Morgan fingerprint density at radius 3 is 2.94 bits per heavy atom. The van der Waals surface area contributed by atoms with E-state index in [1.54, 1.807) is 6.07 Å². The summed E-state index contributed by atoms with van der Waals surface area (Å²) in [6.07, 6.45) is 5.72. The van der Waals surface area contributed by atoms with E-state index in [0.29, 0.717) is 17.0 Å². The third-order valence-electron chi connectivity index (χ3n) is 3.80. The molecule has 1 fully saturated rings. The minimum atomic E-state index is -0.159. The topological polar surface area (TPSA) is 12.0 Å². The minimum absolute atomic E-state index is 0.159. The Bertz CT molecular complexity index is 392. The molecule has 2 rings (SSSR count). The highest BCUT2D eigenvalue weighted by molar-refractivity contribution is 6.30. The number of rotatable bonds is 4. The van der Waals surface area contributed by atoms with E-state index in [1.807, 2.05) is 6.07 Å². The Morgan fingerprint density at radius 2 is 2.22 bits per heavy atom. The van der Waals surface area contributed by atoms with Crippen LogP contribution in [0.3, 0.4) is 0 Å². The predicted molar refractivity (Wildman–Crippen MR) is 74.5 cm³/mol. The van der Waals surface area contributed by atoms with Crippen LogP contribution in [-0.2, 0) is 6.42 Å². The zero-order chi connectivity index (χ0) is 13.0.